The molecule has 1 aliphatic rings. The zero-order chi connectivity index (χ0) is 19.8. The van der Waals surface area contributed by atoms with Crippen molar-refractivity contribution in [2.75, 3.05) is 18.0 Å². The third-order valence-corrected chi connectivity index (χ3v) is 4.96. The SMILES string of the molecule is CC(C)(C)NC(=O)OC1(C)CCN(c2nc(C#N)c3c(Br)[nH]nc3n2)CC1. The number of ether oxygens (including phenoxy) is 1. The first kappa shape index (κ1) is 19.4. The van der Waals surface area contributed by atoms with Crippen LogP contribution in [0, 0.1) is 11.3 Å². The molecule has 0 saturated carbocycles. The van der Waals surface area contributed by atoms with Gasteiger partial charge < -0.3 is 15.0 Å². The van der Waals surface area contributed by atoms with Crippen LogP contribution in [0.5, 0.6) is 0 Å². The topological polar surface area (TPSA) is 120 Å². The summed E-state index contributed by atoms with van der Waals surface area (Å²) in [6, 6.07) is 2.10. The Hall–Kier alpha value is -2.41. The summed E-state index contributed by atoms with van der Waals surface area (Å²) in [7, 11) is 0. The molecule has 144 valence electrons. The Morgan fingerprint density at radius 2 is 2.04 bits per heavy atom. The first-order valence-corrected chi connectivity index (χ1v) is 9.47. The van der Waals surface area contributed by atoms with Crippen molar-refractivity contribution in [3.05, 3.63) is 10.3 Å². The van der Waals surface area contributed by atoms with Crippen LogP contribution in [-0.2, 0) is 4.74 Å². The Kier molecular flexibility index (Phi) is 4.99. The van der Waals surface area contributed by atoms with Gasteiger partial charge in [0.25, 0.3) is 0 Å². The van der Waals surface area contributed by atoms with Gasteiger partial charge in [-0.05, 0) is 43.6 Å². The molecule has 27 heavy (non-hydrogen) atoms. The van der Waals surface area contributed by atoms with E-state index < -0.39 is 11.7 Å². The second-order valence-corrected chi connectivity index (χ2v) is 8.71. The van der Waals surface area contributed by atoms with Gasteiger partial charge in [0.15, 0.2) is 11.3 Å². The summed E-state index contributed by atoms with van der Waals surface area (Å²) in [4.78, 5) is 22.9. The lowest BCUT2D eigenvalue weighted by Crippen LogP contribution is -2.49. The van der Waals surface area contributed by atoms with Crippen LogP contribution in [0.4, 0.5) is 10.7 Å². The molecule has 1 aliphatic heterocycles. The molecule has 2 N–H and O–H groups in total. The smallest absolute Gasteiger partial charge is 0.408 e. The number of carbonyl (C=O) groups excluding carboxylic acids is 1. The molecule has 2 aromatic rings. The van der Waals surface area contributed by atoms with E-state index in [1.54, 1.807) is 0 Å². The average Bonchev–Trinajstić information content (AvgIpc) is 2.94. The molecular weight excluding hydrogens is 414 g/mol. The number of fused-ring (bicyclic) bond motifs is 1. The van der Waals surface area contributed by atoms with Gasteiger partial charge in [0.05, 0.1) is 5.39 Å². The number of aromatic nitrogens is 4. The number of carbonyl (C=O) groups is 1. The standard InChI is InChI=1S/C17H22BrN7O2/c1-16(2,3)22-15(26)27-17(4)5-7-25(8-6-17)14-20-10(9-19)11-12(18)23-24-13(11)21-14/h5-8H2,1-4H3,(H,22,26)(H,20,21,23,24). The van der Waals surface area contributed by atoms with E-state index in [-0.39, 0.29) is 11.2 Å². The van der Waals surface area contributed by atoms with Crippen molar-refractivity contribution in [3.63, 3.8) is 0 Å². The van der Waals surface area contributed by atoms with Gasteiger partial charge in [0.2, 0.25) is 5.95 Å². The predicted molar refractivity (Wildman–Crippen MR) is 103 cm³/mol. The molecule has 3 heterocycles. The van der Waals surface area contributed by atoms with Crippen LogP contribution in [-0.4, -0.2) is 50.5 Å². The predicted octanol–water partition coefficient (Wildman–Crippen LogP) is 2.87. The van der Waals surface area contributed by atoms with E-state index in [0.717, 1.165) is 0 Å². The number of rotatable bonds is 2. The largest absolute Gasteiger partial charge is 0.443 e. The monoisotopic (exact) mass is 435 g/mol. The van der Waals surface area contributed by atoms with E-state index in [1.165, 1.54) is 0 Å². The number of amides is 1. The molecule has 2 aromatic heterocycles. The summed E-state index contributed by atoms with van der Waals surface area (Å²) < 4.78 is 6.25. The molecule has 0 atom stereocenters. The molecular formula is C17H22BrN7O2. The maximum atomic E-state index is 12.1. The Morgan fingerprint density at radius 3 is 2.63 bits per heavy atom. The van der Waals surface area contributed by atoms with Gasteiger partial charge in [-0.2, -0.15) is 15.3 Å². The molecule has 1 saturated heterocycles. The molecule has 10 heteroatoms. The van der Waals surface area contributed by atoms with Crippen molar-refractivity contribution in [1.29, 1.82) is 5.26 Å². The average molecular weight is 436 g/mol. The number of nitrogens with one attached hydrogen (secondary N) is 2. The van der Waals surface area contributed by atoms with Gasteiger partial charge in [-0.25, -0.2) is 9.78 Å². The van der Waals surface area contributed by atoms with Crippen molar-refractivity contribution in [2.45, 2.75) is 51.7 Å². The third kappa shape index (κ3) is 4.30. The van der Waals surface area contributed by atoms with E-state index in [1.807, 2.05) is 32.6 Å². The van der Waals surface area contributed by atoms with Gasteiger partial charge in [-0.15, -0.1) is 0 Å². The molecule has 3 rings (SSSR count). The highest BCUT2D eigenvalue weighted by molar-refractivity contribution is 9.10. The summed E-state index contributed by atoms with van der Waals surface area (Å²) >= 11 is 3.32. The number of halogens is 1. The number of H-pyrrole nitrogens is 1. The van der Waals surface area contributed by atoms with E-state index >= 15 is 0 Å². The van der Waals surface area contributed by atoms with Crippen molar-refractivity contribution in [2.24, 2.45) is 0 Å². The number of alkyl carbamates (subject to hydrolysis) is 1. The van der Waals surface area contributed by atoms with E-state index in [9.17, 15) is 10.1 Å². The van der Waals surface area contributed by atoms with Gasteiger partial charge in [-0.1, -0.05) is 0 Å². The number of anilines is 1. The van der Waals surface area contributed by atoms with Crippen LogP contribution >= 0.6 is 15.9 Å². The minimum Gasteiger partial charge on any atom is -0.443 e. The van der Waals surface area contributed by atoms with Crippen LogP contribution in [0.2, 0.25) is 0 Å². The maximum Gasteiger partial charge on any atom is 0.408 e. The Bertz CT molecular complexity index is 904. The fourth-order valence-electron chi connectivity index (χ4n) is 2.94. The van der Waals surface area contributed by atoms with Crippen LogP contribution in [0.1, 0.15) is 46.2 Å². The molecule has 9 nitrogen and oxygen atoms in total. The lowest BCUT2D eigenvalue weighted by molar-refractivity contribution is 0.00398. The molecule has 1 amide bonds. The van der Waals surface area contributed by atoms with Gasteiger partial charge >= 0.3 is 6.09 Å². The van der Waals surface area contributed by atoms with Gasteiger partial charge in [-0.3, -0.25) is 5.10 Å². The number of hydrogen-bond acceptors (Lipinski definition) is 7. The zero-order valence-corrected chi connectivity index (χ0v) is 17.3. The number of aromatic amines is 1. The number of nitrogens with zero attached hydrogens (tertiary/aromatic N) is 5. The highest BCUT2D eigenvalue weighted by Crippen LogP contribution is 2.30. The van der Waals surface area contributed by atoms with Crippen LogP contribution in [0.15, 0.2) is 4.60 Å². The minimum atomic E-state index is -0.552. The molecule has 0 spiro atoms. The molecule has 0 unspecified atom stereocenters. The molecule has 1 fully saturated rings. The summed E-state index contributed by atoms with van der Waals surface area (Å²) in [5.74, 6) is 0.458. The number of piperidine rings is 1. The van der Waals surface area contributed by atoms with E-state index in [4.69, 9.17) is 4.74 Å². The van der Waals surface area contributed by atoms with Gasteiger partial charge in [0, 0.05) is 31.5 Å². The molecule has 0 aromatic carbocycles. The zero-order valence-electron chi connectivity index (χ0n) is 15.8. The summed E-state index contributed by atoms with van der Waals surface area (Å²) in [5, 5.41) is 19.7. The van der Waals surface area contributed by atoms with Crippen molar-refractivity contribution in [1.82, 2.24) is 25.5 Å². The Labute approximate surface area is 165 Å². The molecule has 0 radical (unpaired) electrons. The van der Waals surface area contributed by atoms with E-state index in [0.29, 0.717) is 47.5 Å². The summed E-state index contributed by atoms with van der Waals surface area (Å²) in [5.41, 5.74) is -0.186. The lowest BCUT2D eigenvalue weighted by atomic mass is 9.93. The van der Waals surface area contributed by atoms with Crippen LogP contribution in [0.25, 0.3) is 11.0 Å². The fraction of sp³-hybridized carbons (Fsp3) is 0.588. The summed E-state index contributed by atoms with van der Waals surface area (Å²) in [6.07, 6.45) is 0.861. The van der Waals surface area contributed by atoms with Gasteiger partial charge in [0.1, 0.15) is 16.3 Å². The Balaban J connectivity index is 1.71. The summed E-state index contributed by atoms with van der Waals surface area (Å²) in [6.45, 7) is 8.89. The fourth-order valence-corrected chi connectivity index (χ4v) is 3.39. The highest BCUT2D eigenvalue weighted by Gasteiger charge is 2.35. The minimum absolute atomic E-state index is 0.268. The second-order valence-electron chi connectivity index (χ2n) is 7.92. The normalized spacial score (nSPS) is 16.8. The first-order valence-electron chi connectivity index (χ1n) is 8.68. The molecule has 0 bridgehead atoms. The highest BCUT2D eigenvalue weighted by atomic mass is 79.9. The van der Waals surface area contributed by atoms with Crippen molar-refractivity contribution in [3.8, 4) is 6.07 Å². The maximum absolute atomic E-state index is 12.1. The van der Waals surface area contributed by atoms with Crippen LogP contribution in [0.3, 0.4) is 0 Å². The third-order valence-electron chi connectivity index (χ3n) is 4.38. The quantitative estimate of drug-likeness (QED) is 0.743. The van der Waals surface area contributed by atoms with Crippen molar-refractivity contribution >= 4 is 39.0 Å². The first-order chi connectivity index (χ1) is 12.6. The number of nitriles is 1. The Morgan fingerprint density at radius 1 is 1.37 bits per heavy atom. The van der Waals surface area contributed by atoms with E-state index in [2.05, 4.69) is 47.5 Å². The van der Waals surface area contributed by atoms with Crippen LogP contribution < -0.4 is 10.2 Å². The lowest BCUT2D eigenvalue weighted by Gasteiger charge is -2.39. The molecule has 0 aliphatic carbocycles. The second kappa shape index (κ2) is 6.96. The van der Waals surface area contributed by atoms with Crippen molar-refractivity contribution < 1.29 is 9.53 Å². The number of hydrogen-bond donors (Lipinski definition) is 2.